The highest BCUT2D eigenvalue weighted by Gasteiger charge is 2.23. The number of hydrogen-bond donors (Lipinski definition) is 2. The van der Waals surface area contributed by atoms with Gasteiger partial charge in [-0.15, -0.1) is 0 Å². The summed E-state index contributed by atoms with van der Waals surface area (Å²) in [5.41, 5.74) is 5.94. The second kappa shape index (κ2) is 7.15. The van der Waals surface area contributed by atoms with Gasteiger partial charge in [0.1, 0.15) is 4.90 Å². The van der Waals surface area contributed by atoms with E-state index < -0.39 is 10.0 Å². The Morgan fingerprint density at radius 1 is 1.25 bits per heavy atom. The van der Waals surface area contributed by atoms with Crippen LogP contribution in [0.25, 0.3) is 0 Å². The average molecular weight is 299 g/mol. The predicted molar refractivity (Wildman–Crippen MR) is 80.5 cm³/mol. The number of nitrogens with one attached hydrogen (secondary N) is 1. The maximum Gasteiger partial charge on any atom is 0.242 e. The normalized spacial score (nSPS) is 12.6. The molecule has 0 bridgehead atoms. The lowest BCUT2D eigenvalue weighted by atomic mass is 9.86. The van der Waals surface area contributed by atoms with Crippen LogP contribution in [0.5, 0.6) is 0 Å². The number of pyridine rings is 1. The van der Waals surface area contributed by atoms with Crippen molar-refractivity contribution >= 4 is 10.0 Å². The van der Waals surface area contributed by atoms with Gasteiger partial charge >= 0.3 is 0 Å². The maximum atomic E-state index is 12.4. The van der Waals surface area contributed by atoms with Crippen LogP contribution in [-0.2, 0) is 16.6 Å². The molecule has 1 heterocycles. The summed E-state index contributed by atoms with van der Waals surface area (Å²) in [7, 11) is -3.56. The molecule has 0 radical (unpaired) electrons. The van der Waals surface area contributed by atoms with Crippen LogP contribution in [0.2, 0.25) is 0 Å². The molecule has 1 rings (SSSR count). The Hall–Kier alpha value is -0.980. The van der Waals surface area contributed by atoms with Crippen LogP contribution >= 0.6 is 0 Å². The van der Waals surface area contributed by atoms with E-state index in [4.69, 9.17) is 5.73 Å². The van der Waals surface area contributed by atoms with Gasteiger partial charge < -0.3 is 5.73 Å². The minimum Gasteiger partial charge on any atom is -0.325 e. The molecule has 0 aromatic carbocycles. The van der Waals surface area contributed by atoms with Crippen molar-refractivity contribution in [2.24, 2.45) is 23.5 Å². The van der Waals surface area contributed by atoms with Crippen LogP contribution in [0.4, 0.5) is 0 Å². The molecule has 5 nitrogen and oxygen atoms in total. The van der Waals surface area contributed by atoms with E-state index in [9.17, 15) is 8.42 Å². The summed E-state index contributed by atoms with van der Waals surface area (Å²) in [6, 6.07) is 3.15. The number of hydrogen-bond acceptors (Lipinski definition) is 4. The monoisotopic (exact) mass is 299 g/mol. The van der Waals surface area contributed by atoms with E-state index in [1.807, 2.05) is 0 Å². The predicted octanol–water partition coefficient (Wildman–Crippen LogP) is 1.75. The molecule has 114 valence electrons. The number of sulfonamides is 1. The Balaban J connectivity index is 2.90. The third-order valence-electron chi connectivity index (χ3n) is 3.55. The minimum atomic E-state index is -3.56. The Morgan fingerprint density at radius 2 is 1.85 bits per heavy atom. The van der Waals surface area contributed by atoms with Crippen molar-refractivity contribution in [2.75, 3.05) is 6.54 Å². The first-order chi connectivity index (χ1) is 9.29. The van der Waals surface area contributed by atoms with Crippen molar-refractivity contribution < 1.29 is 8.42 Å². The minimum absolute atomic E-state index is 0.106. The number of rotatable bonds is 7. The molecule has 20 heavy (non-hydrogen) atoms. The van der Waals surface area contributed by atoms with Gasteiger partial charge in [-0.05, 0) is 29.9 Å². The molecule has 0 aliphatic heterocycles. The molecule has 6 heteroatoms. The zero-order valence-corrected chi connectivity index (χ0v) is 13.4. The third kappa shape index (κ3) is 4.26. The number of nitrogens with two attached hydrogens (primary N) is 1. The van der Waals surface area contributed by atoms with Gasteiger partial charge in [-0.2, -0.15) is 0 Å². The highest BCUT2D eigenvalue weighted by Crippen LogP contribution is 2.20. The van der Waals surface area contributed by atoms with E-state index >= 15 is 0 Å². The molecule has 0 aliphatic carbocycles. The van der Waals surface area contributed by atoms with Crippen molar-refractivity contribution in [2.45, 2.75) is 39.1 Å². The van der Waals surface area contributed by atoms with Gasteiger partial charge in [0.05, 0.1) is 5.69 Å². The quantitative estimate of drug-likeness (QED) is 0.803. The summed E-state index contributed by atoms with van der Waals surface area (Å²) < 4.78 is 27.4. The maximum absolute atomic E-state index is 12.4. The second-order valence-corrected chi connectivity index (χ2v) is 7.39. The lowest BCUT2D eigenvalue weighted by Crippen LogP contribution is -2.34. The van der Waals surface area contributed by atoms with Crippen molar-refractivity contribution in [1.82, 2.24) is 9.71 Å². The largest absolute Gasteiger partial charge is 0.325 e. The van der Waals surface area contributed by atoms with E-state index in [-0.39, 0.29) is 11.4 Å². The Morgan fingerprint density at radius 3 is 2.35 bits per heavy atom. The van der Waals surface area contributed by atoms with E-state index in [1.54, 1.807) is 12.3 Å². The fraction of sp³-hybridized carbons (Fsp3) is 0.643. The van der Waals surface area contributed by atoms with Gasteiger partial charge in [-0.25, -0.2) is 13.1 Å². The summed E-state index contributed by atoms with van der Waals surface area (Å²) >= 11 is 0. The van der Waals surface area contributed by atoms with E-state index in [2.05, 4.69) is 37.4 Å². The van der Waals surface area contributed by atoms with Crippen LogP contribution in [0.15, 0.2) is 23.2 Å². The van der Waals surface area contributed by atoms with Crippen LogP contribution in [-0.4, -0.2) is 19.9 Å². The molecule has 0 atom stereocenters. The number of aromatic nitrogens is 1. The van der Waals surface area contributed by atoms with Crippen LogP contribution in [0, 0.1) is 17.8 Å². The molecular weight excluding hydrogens is 274 g/mol. The lowest BCUT2D eigenvalue weighted by Gasteiger charge is -2.25. The van der Waals surface area contributed by atoms with E-state index in [0.717, 1.165) is 0 Å². The van der Waals surface area contributed by atoms with Crippen LogP contribution in [0.3, 0.4) is 0 Å². The fourth-order valence-corrected chi connectivity index (χ4v) is 3.62. The Kier molecular flexibility index (Phi) is 6.10. The van der Waals surface area contributed by atoms with Gasteiger partial charge in [-0.1, -0.05) is 27.7 Å². The zero-order chi connectivity index (χ0) is 15.3. The molecule has 0 saturated heterocycles. The first kappa shape index (κ1) is 17.1. The SMILES string of the molecule is CC(C)C(CNS(=O)(=O)c1cccnc1CN)C(C)C. The first-order valence-electron chi connectivity index (χ1n) is 6.93. The molecule has 0 aliphatic rings. The lowest BCUT2D eigenvalue weighted by molar-refractivity contribution is 0.289. The second-order valence-electron chi connectivity index (χ2n) is 5.66. The van der Waals surface area contributed by atoms with Crippen molar-refractivity contribution in [1.29, 1.82) is 0 Å². The molecule has 0 saturated carbocycles. The summed E-state index contributed by atoms with van der Waals surface area (Å²) in [5, 5.41) is 0. The third-order valence-corrected chi connectivity index (χ3v) is 5.05. The van der Waals surface area contributed by atoms with Gasteiger partial charge in [0.25, 0.3) is 0 Å². The topological polar surface area (TPSA) is 85.1 Å². The highest BCUT2D eigenvalue weighted by molar-refractivity contribution is 7.89. The van der Waals surface area contributed by atoms with Gasteiger partial charge in [-0.3, -0.25) is 4.98 Å². The molecule has 0 spiro atoms. The Labute approximate surface area is 122 Å². The van der Waals surface area contributed by atoms with E-state index in [0.29, 0.717) is 30.0 Å². The highest BCUT2D eigenvalue weighted by atomic mass is 32.2. The molecule has 3 N–H and O–H groups in total. The summed E-state index contributed by atoms with van der Waals surface area (Å²) in [6.45, 7) is 8.96. The standard InChI is InChI=1S/C14H25N3O2S/c1-10(2)12(11(3)4)9-17-20(18,19)14-6-5-7-16-13(14)8-15/h5-7,10-12,17H,8-9,15H2,1-4H3. The molecule has 1 aromatic rings. The molecular formula is C14H25N3O2S. The number of nitrogens with zero attached hydrogens (tertiary/aromatic N) is 1. The molecule has 0 unspecified atom stereocenters. The van der Waals surface area contributed by atoms with Crippen LogP contribution in [0.1, 0.15) is 33.4 Å². The van der Waals surface area contributed by atoms with Crippen molar-refractivity contribution in [3.63, 3.8) is 0 Å². The van der Waals surface area contributed by atoms with Crippen molar-refractivity contribution in [3.8, 4) is 0 Å². The van der Waals surface area contributed by atoms with Gasteiger partial charge in [0, 0.05) is 19.3 Å². The van der Waals surface area contributed by atoms with Gasteiger partial charge in [0.15, 0.2) is 0 Å². The molecule has 0 fully saturated rings. The zero-order valence-electron chi connectivity index (χ0n) is 12.6. The van der Waals surface area contributed by atoms with Crippen LogP contribution < -0.4 is 10.5 Å². The van der Waals surface area contributed by atoms with E-state index in [1.165, 1.54) is 6.07 Å². The Bertz CT molecular complexity index is 519. The molecule has 0 amide bonds. The summed E-state index contributed by atoms with van der Waals surface area (Å²) in [4.78, 5) is 4.19. The van der Waals surface area contributed by atoms with Gasteiger partial charge in [0.2, 0.25) is 10.0 Å². The molecule has 1 aromatic heterocycles. The summed E-state index contributed by atoms with van der Waals surface area (Å²) in [6.07, 6.45) is 1.55. The smallest absolute Gasteiger partial charge is 0.242 e. The summed E-state index contributed by atoms with van der Waals surface area (Å²) in [5.74, 6) is 1.13. The first-order valence-corrected chi connectivity index (χ1v) is 8.41. The average Bonchev–Trinajstić information content (AvgIpc) is 2.37. The van der Waals surface area contributed by atoms with Crippen molar-refractivity contribution in [3.05, 3.63) is 24.0 Å². The fourth-order valence-electron chi connectivity index (χ4n) is 2.35.